The Kier molecular flexibility index (Phi) is 5.34. The first kappa shape index (κ1) is 18.1. The largest absolute Gasteiger partial charge is 0.320 e. The molecule has 0 radical (unpaired) electrons. The molecule has 3 N–H and O–H groups in total. The van der Waals surface area contributed by atoms with Gasteiger partial charge in [-0.25, -0.2) is 0 Å². The van der Waals surface area contributed by atoms with Gasteiger partial charge in [-0.1, -0.05) is 12.1 Å². The minimum absolute atomic E-state index is 0. The summed E-state index contributed by atoms with van der Waals surface area (Å²) in [5, 5.41) is 21.6. The van der Waals surface area contributed by atoms with Gasteiger partial charge in [0.25, 0.3) is 5.91 Å². The monoisotopic (exact) mass is 373 g/mol. The van der Waals surface area contributed by atoms with Crippen LogP contribution in [0, 0.1) is 0 Å². The summed E-state index contributed by atoms with van der Waals surface area (Å²) < 4.78 is 1.94. The van der Waals surface area contributed by atoms with Crippen LogP contribution in [-0.4, -0.2) is 37.4 Å². The lowest BCUT2D eigenvalue weighted by Crippen LogP contribution is -2.25. The Morgan fingerprint density at radius 3 is 3.04 bits per heavy atom. The van der Waals surface area contributed by atoms with Crippen LogP contribution in [0.25, 0.3) is 11.4 Å². The number of aromatic amines is 1. The van der Waals surface area contributed by atoms with Gasteiger partial charge in [0.05, 0.1) is 5.69 Å². The number of halogens is 1. The van der Waals surface area contributed by atoms with Crippen LogP contribution in [0.5, 0.6) is 0 Å². The zero-order valence-corrected chi connectivity index (χ0v) is 15.1. The van der Waals surface area contributed by atoms with E-state index < -0.39 is 0 Å². The lowest BCUT2D eigenvalue weighted by molar-refractivity contribution is 0.102. The highest BCUT2D eigenvalue weighted by Crippen LogP contribution is 2.27. The average Bonchev–Trinajstić information content (AvgIpc) is 3.29. The van der Waals surface area contributed by atoms with Crippen molar-refractivity contribution in [2.45, 2.75) is 26.4 Å². The van der Waals surface area contributed by atoms with Gasteiger partial charge in [0.2, 0.25) is 0 Å². The summed E-state index contributed by atoms with van der Waals surface area (Å²) in [6.45, 7) is 4.33. The molecule has 0 fully saturated rings. The van der Waals surface area contributed by atoms with Crippen molar-refractivity contribution in [1.82, 2.24) is 30.3 Å². The summed E-state index contributed by atoms with van der Waals surface area (Å²) in [5.74, 6) is 0.500. The van der Waals surface area contributed by atoms with Gasteiger partial charge in [-0.2, -0.15) is 5.10 Å². The zero-order valence-electron chi connectivity index (χ0n) is 14.3. The minimum atomic E-state index is -0.226. The lowest BCUT2D eigenvalue weighted by atomic mass is 10.1. The summed E-state index contributed by atoms with van der Waals surface area (Å²) in [5.41, 5.74) is 3.93. The summed E-state index contributed by atoms with van der Waals surface area (Å²) in [7, 11) is 0. The van der Waals surface area contributed by atoms with Crippen molar-refractivity contribution in [1.29, 1.82) is 0 Å². The van der Waals surface area contributed by atoms with Gasteiger partial charge < -0.3 is 15.2 Å². The predicted molar refractivity (Wildman–Crippen MR) is 100 cm³/mol. The second-order valence-corrected chi connectivity index (χ2v) is 5.90. The molecule has 0 saturated heterocycles. The Labute approximate surface area is 156 Å². The van der Waals surface area contributed by atoms with E-state index in [9.17, 15) is 4.79 Å². The molecule has 8 nitrogen and oxygen atoms in total. The Morgan fingerprint density at radius 2 is 2.19 bits per heavy atom. The van der Waals surface area contributed by atoms with E-state index in [1.165, 1.54) is 0 Å². The van der Waals surface area contributed by atoms with E-state index in [1.807, 2.05) is 35.8 Å². The molecule has 4 rings (SSSR count). The number of nitrogens with one attached hydrogen (secondary N) is 3. The number of aromatic nitrogens is 5. The zero-order chi connectivity index (χ0) is 17.2. The van der Waals surface area contributed by atoms with E-state index >= 15 is 0 Å². The van der Waals surface area contributed by atoms with Gasteiger partial charge >= 0.3 is 0 Å². The fraction of sp³-hybridized carbons (Fsp3) is 0.294. The maximum atomic E-state index is 12.8. The molecule has 3 heterocycles. The molecule has 0 bridgehead atoms. The highest BCUT2D eigenvalue weighted by atomic mass is 35.5. The Balaban J connectivity index is 0.00000196. The fourth-order valence-electron chi connectivity index (χ4n) is 3.08. The number of aryl methyl sites for hydroxylation is 1. The van der Waals surface area contributed by atoms with Crippen LogP contribution in [-0.2, 0) is 19.5 Å². The maximum absolute atomic E-state index is 12.8. The van der Waals surface area contributed by atoms with E-state index in [0.29, 0.717) is 17.9 Å². The molecule has 3 aromatic rings. The molecule has 2 aromatic heterocycles. The van der Waals surface area contributed by atoms with E-state index in [1.54, 1.807) is 6.33 Å². The number of anilines is 1. The Morgan fingerprint density at radius 1 is 1.35 bits per heavy atom. The first-order valence-electron chi connectivity index (χ1n) is 8.33. The van der Waals surface area contributed by atoms with Crippen molar-refractivity contribution < 1.29 is 4.79 Å². The normalized spacial score (nSPS) is 13.0. The van der Waals surface area contributed by atoms with Gasteiger partial charge in [-0.05, 0) is 19.1 Å². The van der Waals surface area contributed by atoms with E-state index in [2.05, 4.69) is 31.0 Å². The fourth-order valence-corrected chi connectivity index (χ4v) is 3.08. The summed E-state index contributed by atoms with van der Waals surface area (Å²) in [6, 6.07) is 7.58. The molecule has 1 amide bonds. The van der Waals surface area contributed by atoms with Gasteiger partial charge in [0.1, 0.15) is 6.33 Å². The first-order valence-corrected chi connectivity index (χ1v) is 8.33. The van der Waals surface area contributed by atoms with Crippen molar-refractivity contribution in [3.05, 3.63) is 47.5 Å². The molecule has 0 aliphatic carbocycles. The number of nitrogens with zero attached hydrogens (tertiary/aromatic N) is 4. The Hall–Kier alpha value is -2.71. The lowest BCUT2D eigenvalue weighted by Gasteiger charge is -2.14. The Bertz CT molecular complexity index is 917. The highest BCUT2D eigenvalue weighted by Gasteiger charge is 2.22. The molecule has 0 atom stereocenters. The van der Waals surface area contributed by atoms with Crippen LogP contribution < -0.4 is 10.6 Å². The summed E-state index contributed by atoms with van der Waals surface area (Å²) in [6.07, 6.45) is 2.54. The number of benzene rings is 1. The molecule has 0 spiro atoms. The highest BCUT2D eigenvalue weighted by molar-refractivity contribution is 6.05. The number of amides is 1. The van der Waals surface area contributed by atoms with E-state index in [4.69, 9.17) is 0 Å². The van der Waals surface area contributed by atoms with E-state index in [-0.39, 0.29) is 18.3 Å². The molecule has 136 valence electrons. The third kappa shape index (κ3) is 3.21. The van der Waals surface area contributed by atoms with Crippen LogP contribution in [0.2, 0.25) is 0 Å². The number of carbonyl (C=O) groups is 1. The van der Waals surface area contributed by atoms with Crippen molar-refractivity contribution in [2.24, 2.45) is 0 Å². The third-order valence-corrected chi connectivity index (χ3v) is 4.39. The van der Waals surface area contributed by atoms with E-state index in [0.717, 1.165) is 42.2 Å². The minimum Gasteiger partial charge on any atom is -0.320 e. The number of hydrogen-bond donors (Lipinski definition) is 3. The number of para-hydroxylation sites is 1. The molecule has 1 aromatic carbocycles. The smallest absolute Gasteiger partial charge is 0.276 e. The second kappa shape index (κ2) is 7.67. The summed E-state index contributed by atoms with van der Waals surface area (Å²) in [4.78, 5) is 12.8. The maximum Gasteiger partial charge on any atom is 0.276 e. The molecular weight excluding hydrogens is 354 g/mol. The molecular formula is C17H20ClN7O. The first-order chi connectivity index (χ1) is 12.3. The summed E-state index contributed by atoms with van der Waals surface area (Å²) >= 11 is 0. The van der Waals surface area contributed by atoms with Crippen molar-refractivity contribution in [3.8, 4) is 11.4 Å². The SMILES string of the molecule is CCn1cnnc1-c1ccccc1NC(=O)c1n[nH]c2c1CNCC2.Cl. The number of rotatable bonds is 4. The van der Waals surface area contributed by atoms with Crippen molar-refractivity contribution in [2.75, 3.05) is 11.9 Å². The van der Waals surface area contributed by atoms with Crippen molar-refractivity contribution >= 4 is 24.0 Å². The third-order valence-electron chi connectivity index (χ3n) is 4.39. The van der Waals surface area contributed by atoms with Crippen LogP contribution in [0.15, 0.2) is 30.6 Å². The molecule has 1 aliphatic heterocycles. The number of fused-ring (bicyclic) bond motifs is 1. The standard InChI is InChI=1S/C17H19N7O.ClH/c1-2-24-10-19-23-16(24)11-5-3-4-6-13(11)20-17(25)15-12-9-18-8-7-14(12)21-22-15;/h3-6,10,18H,2,7-9H2,1H3,(H,20,25)(H,21,22);1H. The van der Waals surface area contributed by atoms with Gasteiger partial charge in [-0.15, -0.1) is 22.6 Å². The molecule has 0 saturated carbocycles. The molecule has 9 heteroatoms. The number of carbonyl (C=O) groups excluding carboxylic acids is 1. The number of H-pyrrole nitrogens is 1. The van der Waals surface area contributed by atoms with Crippen LogP contribution >= 0.6 is 12.4 Å². The van der Waals surface area contributed by atoms with Crippen LogP contribution in [0.1, 0.15) is 28.7 Å². The van der Waals surface area contributed by atoms with Gasteiger partial charge in [0.15, 0.2) is 11.5 Å². The second-order valence-electron chi connectivity index (χ2n) is 5.90. The van der Waals surface area contributed by atoms with Crippen LogP contribution in [0.3, 0.4) is 0 Å². The van der Waals surface area contributed by atoms with Gasteiger partial charge in [0, 0.05) is 42.9 Å². The quantitative estimate of drug-likeness (QED) is 0.649. The molecule has 0 unspecified atom stereocenters. The topological polar surface area (TPSA) is 101 Å². The van der Waals surface area contributed by atoms with Crippen LogP contribution in [0.4, 0.5) is 5.69 Å². The van der Waals surface area contributed by atoms with Gasteiger partial charge in [-0.3, -0.25) is 9.89 Å². The van der Waals surface area contributed by atoms with Crippen molar-refractivity contribution in [3.63, 3.8) is 0 Å². The predicted octanol–water partition coefficient (Wildman–Crippen LogP) is 2.01. The molecule has 26 heavy (non-hydrogen) atoms. The number of hydrogen-bond acceptors (Lipinski definition) is 5. The molecule has 1 aliphatic rings. The average molecular weight is 374 g/mol.